The van der Waals surface area contributed by atoms with Crippen molar-refractivity contribution >= 4 is 40.7 Å². The molecule has 3 heterocycles. The fraction of sp³-hybridized carbons (Fsp3) is 0.370. The first-order valence-electron chi connectivity index (χ1n) is 12.5. The molecule has 0 bridgehead atoms. The van der Waals surface area contributed by atoms with E-state index in [1.807, 2.05) is 20.0 Å². The van der Waals surface area contributed by atoms with Gasteiger partial charge in [0.05, 0.1) is 35.4 Å². The number of nitrogens with one attached hydrogen (secondary N) is 1. The molecule has 1 aliphatic carbocycles. The van der Waals surface area contributed by atoms with Gasteiger partial charge in [0, 0.05) is 35.0 Å². The number of hydrogen-bond donors (Lipinski definition) is 2. The van der Waals surface area contributed by atoms with Crippen molar-refractivity contribution in [3.8, 4) is 0 Å². The van der Waals surface area contributed by atoms with E-state index < -0.39 is 40.2 Å². The minimum atomic E-state index is -1.23. The number of rotatable bonds is 7. The highest BCUT2D eigenvalue weighted by molar-refractivity contribution is 7.11. The molecular formula is C27H26ClF2N5O4S. The van der Waals surface area contributed by atoms with Gasteiger partial charge in [-0.15, -0.1) is 11.3 Å². The van der Waals surface area contributed by atoms with Crippen molar-refractivity contribution < 1.29 is 28.2 Å². The molecule has 0 spiro atoms. The molecule has 2 aliphatic rings. The summed E-state index contributed by atoms with van der Waals surface area (Å²) >= 11 is 7.58. The lowest BCUT2D eigenvalue weighted by Crippen LogP contribution is -2.38. The van der Waals surface area contributed by atoms with Crippen LogP contribution >= 0.6 is 22.9 Å². The van der Waals surface area contributed by atoms with Crippen molar-refractivity contribution in [3.05, 3.63) is 79.7 Å². The average molecular weight is 590 g/mol. The van der Waals surface area contributed by atoms with Gasteiger partial charge in [-0.2, -0.15) is 5.10 Å². The number of allylic oxidation sites excluding steroid dienone is 1. The van der Waals surface area contributed by atoms with Gasteiger partial charge >= 0.3 is 11.9 Å². The molecule has 0 radical (unpaired) electrons. The highest BCUT2D eigenvalue weighted by Gasteiger charge is 2.39. The Bertz CT molecular complexity index is 1550. The molecule has 0 fully saturated rings. The van der Waals surface area contributed by atoms with E-state index >= 15 is 0 Å². The smallest absolute Gasteiger partial charge is 0.338 e. The molecule has 1 aromatic carbocycles. The lowest BCUT2D eigenvalue weighted by Gasteiger charge is -2.32. The molecule has 0 saturated carbocycles. The van der Waals surface area contributed by atoms with Crippen LogP contribution in [0.3, 0.4) is 0 Å². The van der Waals surface area contributed by atoms with Crippen molar-refractivity contribution in [3.63, 3.8) is 0 Å². The number of thiazole rings is 1. The van der Waals surface area contributed by atoms with Crippen LogP contribution in [0, 0.1) is 17.6 Å². The van der Waals surface area contributed by atoms with Gasteiger partial charge < -0.3 is 15.2 Å². The second kappa shape index (κ2) is 10.7. The van der Waals surface area contributed by atoms with Gasteiger partial charge in [0.15, 0.2) is 22.5 Å². The number of carboxylic acids is 1. The number of aliphatic imine (C=N–C) groups is 1. The summed E-state index contributed by atoms with van der Waals surface area (Å²) < 4.78 is 35.3. The maximum Gasteiger partial charge on any atom is 0.338 e. The zero-order valence-corrected chi connectivity index (χ0v) is 23.4. The number of halogens is 3. The fourth-order valence-corrected chi connectivity index (χ4v) is 6.00. The van der Waals surface area contributed by atoms with E-state index in [0.717, 1.165) is 17.3 Å². The number of esters is 1. The van der Waals surface area contributed by atoms with Crippen molar-refractivity contribution in [1.82, 2.24) is 20.1 Å². The molecule has 210 valence electrons. The first-order chi connectivity index (χ1) is 19.0. The third kappa shape index (κ3) is 5.13. The zero-order chi connectivity index (χ0) is 28.8. The summed E-state index contributed by atoms with van der Waals surface area (Å²) in [4.78, 5) is 33.7. The highest BCUT2D eigenvalue weighted by atomic mass is 35.5. The number of nitrogens with zero attached hydrogens (tertiary/aromatic N) is 4. The van der Waals surface area contributed by atoms with Crippen LogP contribution in [0.2, 0.25) is 5.02 Å². The molecule has 2 atom stereocenters. The summed E-state index contributed by atoms with van der Waals surface area (Å²) in [5, 5.41) is 19.2. The van der Waals surface area contributed by atoms with Crippen molar-refractivity contribution in [2.24, 2.45) is 10.9 Å². The topological polar surface area (TPSA) is 119 Å². The Labute approximate surface area is 237 Å². The van der Waals surface area contributed by atoms with Gasteiger partial charge in [-0.25, -0.2) is 18.6 Å². The first kappa shape index (κ1) is 27.9. The third-order valence-corrected chi connectivity index (χ3v) is 8.32. The van der Waals surface area contributed by atoms with E-state index in [9.17, 15) is 23.5 Å². The Morgan fingerprint density at radius 1 is 1.32 bits per heavy atom. The quantitative estimate of drug-likeness (QED) is 0.300. The third-order valence-electron chi connectivity index (χ3n) is 7.16. The summed E-state index contributed by atoms with van der Waals surface area (Å²) in [7, 11) is 1.24. The van der Waals surface area contributed by atoms with Crippen LogP contribution in [0.4, 0.5) is 8.78 Å². The normalized spacial score (nSPS) is 19.1. The van der Waals surface area contributed by atoms with Gasteiger partial charge in [0.2, 0.25) is 0 Å². The second-order valence-electron chi connectivity index (χ2n) is 10.3. The summed E-state index contributed by atoms with van der Waals surface area (Å²) in [6.07, 6.45) is 5.05. The summed E-state index contributed by atoms with van der Waals surface area (Å²) in [5.41, 5.74) is 1.84. The standard InChI is InChI=1S/C27H26ClF2N5O4S/c1-27(2,11-18(36)37)35-12-14-10-13(4-7-17(14)34-35)22-19(26(38)39-3)23(15-5-6-16(29)21(30)20(15)28)33-24(32-22)25-31-8-9-40-25/h5-6,8-9,12-13,23H,4,7,10-11H2,1-3H3,(H,32,33)(H,36,37). The van der Waals surface area contributed by atoms with Gasteiger partial charge in [-0.3, -0.25) is 14.5 Å². The number of amidine groups is 1. The number of methoxy groups -OCH3 is 1. The van der Waals surface area contributed by atoms with Crippen molar-refractivity contribution in [2.75, 3.05) is 7.11 Å². The number of carbonyl (C=O) groups is 2. The zero-order valence-electron chi connectivity index (χ0n) is 21.9. The van der Waals surface area contributed by atoms with Crippen LogP contribution in [0.25, 0.3) is 0 Å². The van der Waals surface area contributed by atoms with E-state index in [-0.39, 0.29) is 23.5 Å². The monoisotopic (exact) mass is 589 g/mol. The number of carbonyl (C=O) groups excluding carboxylic acids is 1. The number of aliphatic carboxylic acids is 1. The molecule has 9 nitrogen and oxygen atoms in total. The number of aryl methyl sites for hydroxylation is 1. The van der Waals surface area contributed by atoms with E-state index in [4.69, 9.17) is 16.3 Å². The largest absolute Gasteiger partial charge is 0.481 e. The number of ether oxygens (including phenoxy) is 1. The molecule has 3 aromatic rings. The minimum absolute atomic E-state index is 0.0967. The predicted octanol–water partition coefficient (Wildman–Crippen LogP) is 4.80. The van der Waals surface area contributed by atoms with Crippen LogP contribution in [0.15, 0.2) is 46.2 Å². The van der Waals surface area contributed by atoms with Gasteiger partial charge in [0.1, 0.15) is 6.04 Å². The average Bonchev–Trinajstić information content (AvgIpc) is 3.60. The summed E-state index contributed by atoms with van der Waals surface area (Å²) in [5.74, 6) is -3.80. The number of carboxylic acid groups (broad SMARTS) is 1. The molecule has 40 heavy (non-hydrogen) atoms. The number of fused-ring (bicyclic) bond motifs is 1. The SMILES string of the molecule is COC(=O)C1=C(C2CCc3nn(C(C)(C)CC(=O)O)cc3C2)NC(c2nccs2)=NC1c1ccc(F)c(F)c1Cl. The maximum absolute atomic E-state index is 14.6. The Kier molecular flexibility index (Phi) is 7.49. The molecule has 2 aromatic heterocycles. The molecule has 0 saturated heterocycles. The molecule has 5 rings (SSSR count). The second-order valence-corrected chi connectivity index (χ2v) is 11.6. The highest BCUT2D eigenvalue weighted by Crippen LogP contribution is 2.41. The van der Waals surface area contributed by atoms with E-state index in [0.29, 0.717) is 35.8 Å². The summed E-state index contributed by atoms with van der Waals surface area (Å²) in [6.45, 7) is 3.62. The van der Waals surface area contributed by atoms with Crippen LogP contribution < -0.4 is 5.32 Å². The predicted molar refractivity (Wildman–Crippen MR) is 144 cm³/mol. The first-order valence-corrected chi connectivity index (χ1v) is 13.8. The van der Waals surface area contributed by atoms with Gasteiger partial charge in [-0.1, -0.05) is 17.7 Å². The van der Waals surface area contributed by atoms with Gasteiger partial charge in [0.25, 0.3) is 0 Å². The number of hydrogen-bond acceptors (Lipinski definition) is 8. The summed E-state index contributed by atoms with van der Waals surface area (Å²) in [6, 6.07) is 1.18. The van der Waals surface area contributed by atoms with E-state index in [1.165, 1.54) is 24.5 Å². The fourth-order valence-electron chi connectivity index (χ4n) is 5.16. The minimum Gasteiger partial charge on any atom is -0.481 e. The van der Waals surface area contributed by atoms with E-state index in [2.05, 4.69) is 20.4 Å². The van der Waals surface area contributed by atoms with Crippen LogP contribution in [0.5, 0.6) is 0 Å². The Morgan fingerprint density at radius 2 is 2.10 bits per heavy atom. The molecule has 2 N–H and O–H groups in total. The van der Waals surface area contributed by atoms with Gasteiger partial charge in [-0.05, 0) is 44.7 Å². The van der Waals surface area contributed by atoms with Crippen molar-refractivity contribution in [2.45, 2.75) is 51.1 Å². The Hall–Kier alpha value is -3.64. The molecule has 0 amide bonds. The van der Waals surface area contributed by atoms with Crippen molar-refractivity contribution in [1.29, 1.82) is 0 Å². The van der Waals surface area contributed by atoms with Crippen LogP contribution in [-0.2, 0) is 32.7 Å². The molecule has 13 heteroatoms. The molecule has 2 unspecified atom stereocenters. The molecular weight excluding hydrogens is 564 g/mol. The maximum atomic E-state index is 14.6. The molecule has 1 aliphatic heterocycles. The number of aromatic nitrogens is 3. The van der Waals surface area contributed by atoms with E-state index in [1.54, 1.807) is 16.3 Å². The Balaban J connectivity index is 1.60. The lowest BCUT2D eigenvalue weighted by molar-refractivity contribution is -0.139. The lowest BCUT2D eigenvalue weighted by atomic mass is 9.81. The van der Waals surface area contributed by atoms with Crippen LogP contribution in [0.1, 0.15) is 54.6 Å². The van der Waals surface area contributed by atoms with Crippen LogP contribution in [-0.4, -0.2) is 44.8 Å². The Morgan fingerprint density at radius 3 is 2.77 bits per heavy atom. The number of benzene rings is 1.